The molecule has 2 aromatic rings. The third-order valence-corrected chi connectivity index (χ3v) is 2.91. The second-order valence-electron chi connectivity index (χ2n) is 4.42. The van der Waals surface area contributed by atoms with Crippen LogP contribution in [0.4, 0.5) is 5.69 Å². The molecule has 0 radical (unpaired) electrons. The number of amides is 1. The number of rotatable bonds is 4. The molecule has 0 saturated heterocycles. The molecule has 0 aliphatic heterocycles. The number of anilines is 1. The van der Waals surface area contributed by atoms with E-state index in [1.54, 1.807) is 31.2 Å². The summed E-state index contributed by atoms with van der Waals surface area (Å²) in [4.78, 5) is 27.1. The minimum atomic E-state index is -1.22. The number of aliphatic hydroxyl groups excluding tert-OH is 1. The maximum atomic E-state index is 12.2. The van der Waals surface area contributed by atoms with Crippen molar-refractivity contribution in [3.05, 3.63) is 59.4 Å². The summed E-state index contributed by atoms with van der Waals surface area (Å²) in [7, 11) is 0. The summed E-state index contributed by atoms with van der Waals surface area (Å²) < 4.78 is 0. The monoisotopic (exact) mass is 286 g/mol. The Bertz CT molecular complexity index is 683. The molecule has 1 aromatic carbocycles. The molecule has 108 valence electrons. The van der Waals surface area contributed by atoms with E-state index in [0.29, 0.717) is 11.3 Å². The summed E-state index contributed by atoms with van der Waals surface area (Å²) >= 11 is 0. The summed E-state index contributed by atoms with van der Waals surface area (Å²) in [6.07, 6.45) is 0.589. The van der Waals surface area contributed by atoms with Gasteiger partial charge in [-0.05, 0) is 25.1 Å². The molecular formula is C15H14N2O4. The molecule has 0 aliphatic carbocycles. The van der Waals surface area contributed by atoms with Gasteiger partial charge in [0.2, 0.25) is 0 Å². The molecule has 2 rings (SSSR count). The minimum absolute atomic E-state index is 0.176. The van der Waals surface area contributed by atoms with Crippen LogP contribution in [-0.2, 0) is 0 Å². The number of aromatic nitrogens is 1. The van der Waals surface area contributed by atoms with Crippen LogP contribution in [0.3, 0.4) is 0 Å². The molecule has 3 N–H and O–H groups in total. The zero-order valence-corrected chi connectivity index (χ0v) is 11.3. The summed E-state index contributed by atoms with van der Waals surface area (Å²) in [5.74, 6) is -1.86. The lowest BCUT2D eigenvalue weighted by Crippen LogP contribution is -2.19. The molecular weight excluding hydrogens is 272 g/mol. The van der Waals surface area contributed by atoms with Crippen molar-refractivity contribution in [2.75, 3.05) is 5.32 Å². The summed E-state index contributed by atoms with van der Waals surface area (Å²) in [5.41, 5.74) is 0.605. The normalized spacial score (nSPS) is 11.7. The standard InChI is InChI=1S/C15H14N2O4/c1-9(18)10-5-2-3-7-12(10)17-14(19)13-11(15(20)21)6-4-8-16-13/h2-9,18H,1H3,(H,17,19)(H,20,21). The summed E-state index contributed by atoms with van der Waals surface area (Å²) in [6, 6.07) is 9.51. The van der Waals surface area contributed by atoms with Crippen LogP contribution in [0.25, 0.3) is 0 Å². The maximum absolute atomic E-state index is 12.2. The third-order valence-electron chi connectivity index (χ3n) is 2.91. The third kappa shape index (κ3) is 3.24. The van der Waals surface area contributed by atoms with Crippen LogP contribution >= 0.6 is 0 Å². The zero-order valence-electron chi connectivity index (χ0n) is 11.3. The van der Waals surface area contributed by atoms with Crippen LogP contribution in [-0.4, -0.2) is 27.1 Å². The van der Waals surface area contributed by atoms with Gasteiger partial charge in [-0.25, -0.2) is 4.79 Å². The van der Waals surface area contributed by atoms with Crippen molar-refractivity contribution < 1.29 is 19.8 Å². The second kappa shape index (κ2) is 6.15. The van der Waals surface area contributed by atoms with Gasteiger partial charge in [-0.15, -0.1) is 0 Å². The number of carboxylic acids is 1. The molecule has 21 heavy (non-hydrogen) atoms. The average molecular weight is 286 g/mol. The molecule has 6 heteroatoms. The Morgan fingerprint density at radius 3 is 2.57 bits per heavy atom. The molecule has 1 amide bonds. The van der Waals surface area contributed by atoms with Crippen LogP contribution in [0.2, 0.25) is 0 Å². The zero-order chi connectivity index (χ0) is 15.4. The largest absolute Gasteiger partial charge is 0.478 e. The molecule has 6 nitrogen and oxygen atoms in total. The van der Waals surface area contributed by atoms with Crippen molar-refractivity contribution in [3.63, 3.8) is 0 Å². The number of nitrogens with one attached hydrogen (secondary N) is 1. The molecule has 0 fully saturated rings. The molecule has 1 unspecified atom stereocenters. The summed E-state index contributed by atoms with van der Waals surface area (Å²) in [5, 5.41) is 21.3. The smallest absolute Gasteiger partial charge is 0.338 e. The van der Waals surface area contributed by atoms with E-state index >= 15 is 0 Å². The first-order valence-electron chi connectivity index (χ1n) is 6.27. The number of hydrogen-bond acceptors (Lipinski definition) is 4. The first-order chi connectivity index (χ1) is 10.0. The highest BCUT2D eigenvalue weighted by molar-refractivity contribution is 6.09. The van der Waals surface area contributed by atoms with Crippen LogP contribution in [0.1, 0.15) is 39.4 Å². The van der Waals surface area contributed by atoms with Gasteiger partial charge in [0.1, 0.15) is 5.69 Å². The summed E-state index contributed by atoms with van der Waals surface area (Å²) in [6.45, 7) is 1.58. The number of benzene rings is 1. The van der Waals surface area contributed by atoms with E-state index in [2.05, 4.69) is 10.3 Å². The van der Waals surface area contributed by atoms with Crippen LogP contribution in [0.15, 0.2) is 42.6 Å². The predicted octanol–water partition coefficient (Wildman–Crippen LogP) is 2.09. The molecule has 0 saturated carbocycles. The Labute approximate surface area is 121 Å². The Morgan fingerprint density at radius 2 is 1.90 bits per heavy atom. The van der Waals surface area contributed by atoms with Gasteiger partial charge in [-0.3, -0.25) is 9.78 Å². The van der Waals surface area contributed by atoms with Crippen molar-refractivity contribution in [2.45, 2.75) is 13.0 Å². The van der Waals surface area contributed by atoms with Crippen LogP contribution in [0, 0.1) is 0 Å². The highest BCUT2D eigenvalue weighted by atomic mass is 16.4. The van der Waals surface area contributed by atoms with Gasteiger partial charge >= 0.3 is 5.97 Å². The van der Waals surface area contributed by atoms with E-state index < -0.39 is 18.0 Å². The lowest BCUT2D eigenvalue weighted by Gasteiger charge is -2.13. The van der Waals surface area contributed by atoms with Crippen LogP contribution < -0.4 is 5.32 Å². The number of carboxylic acid groups (broad SMARTS) is 1. The highest BCUT2D eigenvalue weighted by Gasteiger charge is 2.19. The van der Waals surface area contributed by atoms with Crippen molar-refractivity contribution in [2.24, 2.45) is 0 Å². The van der Waals surface area contributed by atoms with Crippen molar-refractivity contribution in [1.29, 1.82) is 0 Å². The minimum Gasteiger partial charge on any atom is -0.478 e. The van der Waals surface area contributed by atoms with E-state index in [9.17, 15) is 14.7 Å². The number of para-hydroxylation sites is 1. The van der Waals surface area contributed by atoms with E-state index in [0.717, 1.165) is 0 Å². The van der Waals surface area contributed by atoms with Gasteiger partial charge in [0, 0.05) is 17.4 Å². The number of carbonyl (C=O) groups excluding carboxylic acids is 1. The number of hydrogen-bond donors (Lipinski definition) is 3. The van der Waals surface area contributed by atoms with Gasteiger partial charge in [-0.1, -0.05) is 18.2 Å². The van der Waals surface area contributed by atoms with Crippen molar-refractivity contribution in [1.82, 2.24) is 4.98 Å². The van der Waals surface area contributed by atoms with Gasteiger partial charge in [-0.2, -0.15) is 0 Å². The van der Waals surface area contributed by atoms with E-state index in [1.165, 1.54) is 18.3 Å². The highest BCUT2D eigenvalue weighted by Crippen LogP contribution is 2.22. The van der Waals surface area contributed by atoms with Gasteiger partial charge < -0.3 is 15.5 Å². The number of carbonyl (C=O) groups is 2. The number of nitrogens with zero attached hydrogens (tertiary/aromatic N) is 1. The van der Waals surface area contributed by atoms with Crippen LogP contribution in [0.5, 0.6) is 0 Å². The van der Waals surface area contributed by atoms with E-state index in [-0.39, 0.29) is 11.3 Å². The van der Waals surface area contributed by atoms with Crippen molar-refractivity contribution >= 4 is 17.6 Å². The predicted molar refractivity (Wildman–Crippen MR) is 76.2 cm³/mol. The number of pyridine rings is 1. The molecule has 1 atom stereocenters. The van der Waals surface area contributed by atoms with Gasteiger partial charge in [0.15, 0.2) is 0 Å². The fraction of sp³-hybridized carbons (Fsp3) is 0.133. The van der Waals surface area contributed by atoms with Gasteiger partial charge in [0.05, 0.1) is 11.7 Å². The maximum Gasteiger partial charge on any atom is 0.338 e. The number of aliphatic hydroxyl groups is 1. The quantitative estimate of drug-likeness (QED) is 0.799. The Balaban J connectivity index is 2.33. The molecule has 1 heterocycles. The molecule has 1 aromatic heterocycles. The van der Waals surface area contributed by atoms with Gasteiger partial charge in [0.25, 0.3) is 5.91 Å². The second-order valence-corrected chi connectivity index (χ2v) is 4.42. The fourth-order valence-corrected chi connectivity index (χ4v) is 1.92. The average Bonchev–Trinajstić information content (AvgIpc) is 2.47. The first kappa shape index (κ1) is 14.7. The van der Waals surface area contributed by atoms with Crippen molar-refractivity contribution in [3.8, 4) is 0 Å². The first-order valence-corrected chi connectivity index (χ1v) is 6.27. The molecule has 0 spiro atoms. The molecule has 0 bridgehead atoms. The van der Waals surface area contributed by atoms with E-state index in [4.69, 9.17) is 5.11 Å². The molecule has 0 aliphatic rings. The number of aromatic carboxylic acids is 1. The van der Waals surface area contributed by atoms with E-state index in [1.807, 2.05) is 0 Å². The SMILES string of the molecule is CC(O)c1ccccc1NC(=O)c1ncccc1C(=O)O. The topological polar surface area (TPSA) is 99.5 Å². The Kier molecular flexibility index (Phi) is 4.30. The Hall–Kier alpha value is -2.73. The Morgan fingerprint density at radius 1 is 1.19 bits per heavy atom. The fourth-order valence-electron chi connectivity index (χ4n) is 1.92. The lowest BCUT2D eigenvalue weighted by molar-refractivity contribution is 0.0691. The lowest BCUT2D eigenvalue weighted by atomic mass is 10.1.